The third-order valence-corrected chi connectivity index (χ3v) is 2.48. The van der Waals surface area contributed by atoms with E-state index in [2.05, 4.69) is 12.1 Å². The van der Waals surface area contributed by atoms with Crippen molar-refractivity contribution in [1.82, 2.24) is 0 Å². The third kappa shape index (κ3) is 4.97. The molecular formula is C14H22N2O4. The maximum atomic E-state index is 8.68. The van der Waals surface area contributed by atoms with Gasteiger partial charge in [-0.2, -0.15) is 0 Å². The zero-order valence-corrected chi connectivity index (χ0v) is 12.0. The van der Waals surface area contributed by atoms with Crippen LogP contribution in [0.2, 0.25) is 0 Å². The number of hydrogen-bond donors (Lipinski definition) is 2. The number of nitrogens with zero attached hydrogens (tertiary/aromatic N) is 1. The van der Waals surface area contributed by atoms with Crippen LogP contribution in [0, 0.1) is 0 Å². The maximum Gasteiger partial charge on any atom is 0.170 e. The van der Waals surface area contributed by atoms with Gasteiger partial charge in [-0.15, -0.1) is 0 Å². The molecule has 6 heteroatoms. The van der Waals surface area contributed by atoms with E-state index < -0.39 is 0 Å². The molecule has 0 aliphatic rings. The zero-order valence-electron chi connectivity index (χ0n) is 12.0. The molecule has 0 saturated heterocycles. The second-order valence-corrected chi connectivity index (χ2v) is 4.04. The summed E-state index contributed by atoms with van der Waals surface area (Å²) in [5, 5.41) is 11.6. The van der Waals surface area contributed by atoms with Crippen LogP contribution in [0.3, 0.4) is 0 Å². The fourth-order valence-electron chi connectivity index (χ4n) is 1.57. The van der Waals surface area contributed by atoms with Gasteiger partial charge in [0, 0.05) is 12.2 Å². The standard InChI is InChI=1S/C14H22N2O4/c1-3-7-18-8-9-20-12-6-5-11(14(15)16-17)10-13(12)19-4-2/h5-6,10,17H,3-4,7-9H2,1-2H3,(H2,15,16). The highest BCUT2D eigenvalue weighted by Crippen LogP contribution is 2.28. The summed E-state index contributed by atoms with van der Waals surface area (Å²) < 4.78 is 16.4. The summed E-state index contributed by atoms with van der Waals surface area (Å²) in [4.78, 5) is 0. The summed E-state index contributed by atoms with van der Waals surface area (Å²) in [6.45, 7) is 6.14. The molecule has 1 rings (SSSR count). The van der Waals surface area contributed by atoms with Crippen LogP contribution in [0.25, 0.3) is 0 Å². The molecule has 6 nitrogen and oxygen atoms in total. The minimum Gasteiger partial charge on any atom is -0.490 e. The normalized spacial score (nSPS) is 11.4. The van der Waals surface area contributed by atoms with Gasteiger partial charge in [-0.1, -0.05) is 12.1 Å². The first kappa shape index (κ1) is 16.1. The highest BCUT2D eigenvalue weighted by Gasteiger charge is 2.09. The molecular weight excluding hydrogens is 260 g/mol. The third-order valence-electron chi connectivity index (χ3n) is 2.48. The van der Waals surface area contributed by atoms with Crippen molar-refractivity contribution >= 4 is 5.84 Å². The Morgan fingerprint density at radius 1 is 1.15 bits per heavy atom. The van der Waals surface area contributed by atoms with E-state index in [-0.39, 0.29) is 5.84 Å². The molecule has 0 saturated carbocycles. The van der Waals surface area contributed by atoms with Crippen LogP contribution < -0.4 is 15.2 Å². The van der Waals surface area contributed by atoms with Crippen LogP contribution in [-0.2, 0) is 4.74 Å². The molecule has 1 aromatic carbocycles. The smallest absolute Gasteiger partial charge is 0.170 e. The zero-order chi connectivity index (χ0) is 14.8. The van der Waals surface area contributed by atoms with Gasteiger partial charge in [0.1, 0.15) is 6.61 Å². The van der Waals surface area contributed by atoms with E-state index in [9.17, 15) is 0 Å². The van der Waals surface area contributed by atoms with Crippen LogP contribution >= 0.6 is 0 Å². The molecule has 1 aromatic rings. The molecule has 0 atom stereocenters. The number of rotatable bonds is 9. The number of oxime groups is 1. The van der Waals surface area contributed by atoms with Gasteiger partial charge < -0.3 is 25.2 Å². The topological polar surface area (TPSA) is 86.3 Å². The van der Waals surface area contributed by atoms with Crippen LogP contribution in [0.4, 0.5) is 0 Å². The molecule has 0 heterocycles. The molecule has 0 spiro atoms. The van der Waals surface area contributed by atoms with Crippen molar-refractivity contribution in [2.24, 2.45) is 10.9 Å². The first-order chi connectivity index (χ1) is 9.72. The van der Waals surface area contributed by atoms with Gasteiger partial charge in [-0.25, -0.2) is 0 Å². The molecule has 0 aromatic heterocycles. The van der Waals surface area contributed by atoms with E-state index >= 15 is 0 Å². The molecule has 20 heavy (non-hydrogen) atoms. The first-order valence-corrected chi connectivity index (χ1v) is 6.68. The number of amidine groups is 1. The van der Waals surface area contributed by atoms with Crippen molar-refractivity contribution in [2.75, 3.05) is 26.4 Å². The SMILES string of the molecule is CCCOCCOc1ccc(/C(N)=N/O)cc1OCC. The Morgan fingerprint density at radius 2 is 1.95 bits per heavy atom. The van der Waals surface area contributed by atoms with Gasteiger partial charge in [0.05, 0.1) is 13.2 Å². The predicted octanol–water partition coefficient (Wildman–Crippen LogP) is 1.99. The van der Waals surface area contributed by atoms with Gasteiger partial charge >= 0.3 is 0 Å². The van der Waals surface area contributed by atoms with E-state index in [1.165, 1.54) is 0 Å². The van der Waals surface area contributed by atoms with Gasteiger partial charge in [-0.05, 0) is 31.5 Å². The monoisotopic (exact) mass is 282 g/mol. The Balaban J connectivity index is 2.69. The summed E-state index contributed by atoms with van der Waals surface area (Å²) >= 11 is 0. The van der Waals surface area contributed by atoms with Gasteiger partial charge in [-0.3, -0.25) is 0 Å². The van der Waals surface area contributed by atoms with Crippen molar-refractivity contribution in [3.05, 3.63) is 23.8 Å². The number of ether oxygens (including phenoxy) is 3. The lowest BCUT2D eigenvalue weighted by Crippen LogP contribution is -2.14. The number of hydrogen-bond acceptors (Lipinski definition) is 5. The second-order valence-electron chi connectivity index (χ2n) is 4.04. The quantitative estimate of drug-likeness (QED) is 0.238. The molecule has 3 N–H and O–H groups in total. The second kappa shape index (κ2) is 9.03. The van der Waals surface area contributed by atoms with E-state index in [1.54, 1.807) is 18.2 Å². The van der Waals surface area contributed by atoms with Crippen molar-refractivity contribution in [3.8, 4) is 11.5 Å². The van der Waals surface area contributed by atoms with Crippen LogP contribution in [0.15, 0.2) is 23.4 Å². The Labute approximate surface area is 119 Å². The molecule has 0 bridgehead atoms. The Hall–Kier alpha value is -1.95. The van der Waals surface area contributed by atoms with E-state index in [1.807, 2.05) is 6.92 Å². The fourth-order valence-corrected chi connectivity index (χ4v) is 1.57. The molecule has 112 valence electrons. The van der Waals surface area contributed by atoms with Crippen molar-refractivity contribution in [2.45, 2.75) is 20.3 Å². The van der Waals surface area contributed by atoms with Crippen molar-refractivity contribution in [3.63, 3.8) is 0 Å². The molecule has 0 unspecified atom stereocenters. The Morgan fingerprint density at radius 3 is 2.60 bits per heavy atom. The largest absolute Gasteiger partial charge is 0.490 e. The summed E-state index contributed by atoms with van der Waals surface area (Å²) in [6, 6.07) is 5.12. The Bertz CT molecular complexity index is 435. The highest BCUT2D eigenvalue weighted by atomic mass is 16.5. The van der Waals surface area contributed by atoms with Gasteiger partial charge in [0.15, 0.2) is 17.3 Å². The van der Waals surface area contributed by atoms with Crippen molar-refractivity contribution in [1.29, 1.82) is 0 Å². The summed E-state index contributed by atoms with van der Waals surface area (Å²) in [6.07, 6.45) is 0.985. The van der Waals surface area contributed by atoms with E-state index in [4.69, 9.17) is 25.2 Å². The Kier molecular flexibility index (Phi) is 7.27. The lowest BCUT2D eigenvalue weighted by Gasteiger charge is -2.13. The summed E-state index contributed by atoms with van der Waals surface area (Å²) in [5.41, 5.74) is 6.12. The molecule has 0 radical (unpaired) electrons. The summed E-state index contributed by atoms with van der Waals surface area (Å²) in [7, 11) is 0. The molecule has 0 amide bonds. The predicted molar refractivity (Wildman–Crippen MR) is 76.7 cm³/mol. The molecule has 0 aliphatic carbocycles. The lowest BCUT2D eigenvalue weighted by molar-refractivity contribution is 0.0992. The van der Waals surface area contributed by atoms with E-state index in [0.717, 1.165) is 13.0 Å². The van der Waals surface area contributed by atoms with Crippen LogP contribution in [0.1, 0.15) is 25.8 Å². The maximum absolute atomic E-state index is 8.68. The molecule has 0 fully saturated rings. The average Bonchev–Trinajstić information content (AvgIpc) is 2.47. The number of benzene rings is 1. The minimum atomic E-state index is 0.0313. The van der Waals surface area contributed by atoms with Crippen molar-refractivity contribution < 1.29 is 19.4 Å². The minimum absolute atomic E-state index is 0.0313. The first-order valence-electron chi connectivity index (χ1n) is 6.68. The van der Waals surface area contributed by atoms with E-state index in [0.29, 0.717) is 36.9 Å². The van der Waals surface area contributed by atoms with Crippen LogP contribution in [-0.4, -0.2) is 37.5 Å². The van der Waals surface area contributed by atoms with Crippen LogP contribution in [0.5, 0.6) is 11.5 Å². The molecule has 0 aliphatic heterocycles. The number of nitrogens with two attached hydrogens (primary N) is 1. The lowest BCUT2D eigenvalue weighted by atomic mass is 10.2. The fraction of sp³-hybridized carbons (Fsp3) is 0.500. The summed E-state index contributed by atoms with van der Waals surface area (Å²) in [5.74, 6) is 1.21. The van der Waals surface area contributed by atoms with Gasteiger partial charge in [0.2, 0.25) is 0 Å². The average molecular weight is 282 g/mol. The highest BCUT2D eigenvalue weighted by molar-refractivity contribution is 5.97. The van der Waals surface area contributed by atoms with Gasteiger partial charge in [0.25, 0.3) is 0 Å².